The van der Waals surface area contributed by atoms with E-state index in [-0.39, 0.29) is 11.3 Å². The van der Waals surface area contributed by atoms with E-state index < -0.39 is 5.97 Å². The number of carbonyl (C=O) groups is 1. The third-order valence-corrected chi connectivity index (χ3v) is 6.58. The summed E-state index contributed by atoms with van der Waals surface area (Å²) in [4.78, 5) is 12.1. The normalized spacial score (nSPS) is 17.1. The van der Waals surface area contributed by atoms with Crippen LogP contribution in [0.5, 0.6) is 0 Å². The van der Waals surface area contributed by atoms with Crippen molar-refractivity contribution in [2.75, 3.05) is 0 Å². The molecule has 0 radical (unpaired) electrons. The predicted molar refractivity (Wildman–Crippen MR) is 135 cm³/mol. The van der Waals surface area contributed by atoms with Gasteiger partial charge in [0.25, 0.3) is 0 Å². The Balaban J connectivity index is 2.29. The summed E-state index contributed by atoms with van der Waals surface area (Å²) in [5.41, 5.74) is 2.48. The van der Waals surface area contributed by atoms with Crippen molar-refractivity contribution in [3.05, 3.63) is 35.5 Å². The summed E-state index contributed by atoms with van der Waals surface area (Å²) in [6.45, 7) is 11.0. The molecule has 1 rings (SSSR count). The van der Waals surface area contributed by atoms with Gasteiger partial charge in [-0.1, -0.05) is 116 Å². The average molecular weight is 431 g/mol. The Kier molecular flexibility index (Phi) is 13.8. The van der Waals surface area contributed by atoms with Crippen LogP contribution in [0.1, 0.15) is 125 Å². The monoisotopic (exact) mass is 430 g/mol. The van der Waals surface area contributed by atoms with Crippen molar-refractivity contribution in [1.82, 2.24) is 0 Å². The lowest BCUT2D eigenvalue weighted by molar-refractivity contribution is -0.140. The number of rotatable bonds is 17. The topological polar surface area (TPSA) is 37.3 Å². The molecule has 0 heterocycles. The number of carboxylic acids is 1. The first kappa shape index (κ1) is 27.7. The van der Waals surface area contributed by atoms with Crippen LogP contribution in [0.2, 0.25) is 0 Å². The fourth-order valence-electron chi connectivity index (χ4n) is 4.65. The molecule has 0 aliphatic heterocycles. The highest BCUT2D eigenvalue weighted by Crippen LogP contribution is 2.40. The van der Waals surface area contributed by atoms with E-state index in [2.05, 4.69) is 58.9 Å². The summed E-state index contributed by atoms with van der Waals surface area (Å²) in [7, 11) is 0. The van der Waals surface area contributed by atoms with Gasteiger partial charge in [0.05, 0.1) is 5.92 Å². The van der Waals surface area contributed by atoms with E-state index in [0.29, 0.717) is 5.92 Å². The van der Waals surface area contributed by atoms with Crippen LogP contribution in [0.15, 0.2) is 35.5 Å². The molecule has 1 atom stereocenters. The van der Waals surface area contributed by atoms with Gasteiger partial charge in [0.2, 0.25) is 0 Å². The zero-order valence-electron chi connectivity index (χ0n) is 21.2. The van der Waals surface area contributed by atoms with Gasteiger partial charge in [0.1, 0.15) is 0 Å². The molecule has 178 valence electrons. The molecule has 0 fully saturated rings. The summed E-state index contributed by atoms with van der Waals surface area (Å²) in [6.07, 6.45) is 26.0. The third kappa shape index (κ3) is 11.8. The van der Waals surface area contributed by atoms with Crippen molar-refractivity contribution < 1.29 is 9.90 Å². The largest absolute Gasteiger partial charge is 0.481 e. The van der Waals surface area contributed by atoms with Gasteiger partial charge in [0, 0.05) is 0 Å². The molecule has 0 amide bonds. The molecule has 1 aliphatic carbocycles. The van der Waals surface area contributed by atoms with Gasteiger partial charge in [-0.15, -0.1) is 0 Å². The second kappa shape index (κ2) is 15.5. The van der Waals surface area contributed by atoms with Crippen LogP contribution in [0.3, 0.4) is 0 Å². The van der Waals surface area contributed by atoms with E-state index in [4.69, 9.17) is 0 Å². The zero-order chi connectivity index (χ0) is 23.1. The number of aliphatic carboxylic acids is 1. The van der Waals surface area contributed by atoms with Gasteiger partial charge < -0.3 is 5.11 Å². The van der Waals surface area contributed by atoms with E-state index in [1.54, 1.807) is 0 Å². The highest BCUT2D eigenvalue weighted by Gasteiger charge is 2.31. The summed E-state index contributed by atoms with van der Waals surface area (Å²) in [5.74, 6) is -0.581. The first-order chi connectivity index (χ1) is 14.8. The zero-order valence-corrected chi connectivity index (χ0v) is 21.2. The van der Waals surface area contributed by atoms with Gasteiger partial charge in [0.15, 0.2) is 0 Å². The van der Waals surface area contributed by atoms with Crippen LogP contribution in [0.4, 0.5) is 0 Å². The van der Waals surface area contributed by atoms with Crippen molar-refractivity contribution in [2.45, 2.75) is 125 Å². The van der Waals surface area contributed by atoms with Gasteiger partial charge in [-0.05, 0) is 55.4 Å². The molecule has 0 aromatic rings. The SMILES string of the molecule is CCCCCCCC/C=C/CCCCCCC(C(=O)O)C1=C(C(C)C)C=CC(C)(C)C1. The standard InChI is InChI=1S/C29H50O2/c1-6-7-8-9-10-11-12-13-14-15-16-17-18-19-20-26(28(30)31)27-23-29(4,5)22-21-25(27)24(2)3/h13-14,21-22,24,26H,6-12,15-20,23H2,1-5H3,(H,30,31)/b14-13+. The van der Waals surface area contributed by atoms with Crippen LogP contribution in [-0.4, -0.2) is 11.1 Å². The summed E-state index contributed by atoms with van der Waals surface area (Å²) in [5, 5.41) is 9.93. The second-order valence-corrected chi connectivity index (χ2v) is 10.5. The number of carboxylic acid groups (broad SMARTS) is 1. The van der Waals surface area contributed by atoms with Gasteiger partial charge in [-0.25, -0.2) is 0 Å². The van der Waals surface area contributed by atoms with Crippen molar-refractivity contribution in [3.8, 4) is 0 Å². The number of unbranched alkanes of at least 4 members (excludes halogenated alkanes) is 10. The highest BCUT2D eigenvalue weighted by atomic mass is 16.4. The molecular formula is C29H50O2. The number of hydrogen-bond acceptors (Lipinski definition) is 1. The maximum Gasteiger partial charge on any atom is 0.310 e. The van der Waals surface area contributed by atoms with E-state index in [0.717, 1.165) is 25.7 Å². The minimum absolute atomic E-state index is 0.0588. The summed E-state index contributed by atoms with van der Waals surface area (Å²) < 4.78 is 0. The molecule has 1 unspecified atom stereocenters. The molecule has 0 aromatic heterocycles. The predicted octanol–water partition coefficient (Wildman–Crippen LogP) is 9.27. The maximum absolute atomic E-state index is 12.1. The molecule has 1 aliphatic rings. The smallest absolute Gasteiger partial charge is 0.310 e. The molecule has 0 saturated carbocycles. The Morgan fingerprint density at radius 2 is 1.52 bits per heavy atom. The summed E-state index contributed by atoms with van der Waals surface area (Å²) in [6, 6.07) is 0. The van der Waals surface area contributed by atoms with Crippen LogP contribution in [0, 0.1) is 17.3 Å². The van der Waals surface area contributed by atoms with Crippen LogP contribution >= 0.6 is 0 Å². The fraction of sp³-hybridized carbons (Fsp3) is 0.759. The van der Waals surface area contributed by atoms with Gasteiger partial charge >= 0.3 is 5.97 Å². The number of allylic oxidation sites excluding steroid dienone is 5. The molecule has 0 bridgehead atoms. The minimum Gasteiger partial charge on any atom is -0.481 e. The Bertz CT molecular complexity index is 592. The third-order valence-electron chi connectivity index (χ3n) is 6.58. The van der Waals surface area contributed by atoms with E-state index in [1.807, 2.05) is 0 Å². The molecular weight excluding hydrogens is 380 g/mol. The van der Waals surface area contributed by atoms with Crippen molar-refractivity contribution in [3.63, 3.8) is 0 Å². The van der Waals surface area contributed by atoms with Crippen LogP contribution in [-0.2, 0) is 4.79 Å². The Morgan fingerprint density at radius 3 is 2.06 bits per heavy atom. The van der Waals surface area contributed by atoms with Gasteiger partial charge in [-0.2, -0.15) is 0 Å². The van der Waals surface area contributed by atoms with Crippen LogP contribution < -0.4 is 0 Å². The molecule has 31 heavy (non-hydrogen) atoms. The first-order valence-corrected chi connectivity index (χ1v) is 13.1. The van der Waals surface area contributed by atoms with Crippen molar-refractivity contribution in [2.24, 2.45) is 17.3 Å². The van der Waals surface area contributed by atoms with Crippen molar-refractivity contribution >= 4 is 5.97 Å². The molecule has 0 spiro atoms. The lowest BCUT2D eigenvalue weighted by atomic mass is 9.72. The first-order valence-electron chi connectivity index (χ1n) is 13.1. The van der Waals surface area contributed by atoms with E-state index in [1.165, 1.54) is 75.4 Å². The molecule has 0 saturated heterocycles. The minimum atomic E-state index is -0.642. The van der Waals surface area contributed by atoms with Crippen LogP contribution in [0.25, 0.3) is 0 Å². The van der Waals surface area contributed by atoms with Gasteiger partial charge in [-0.3, -0.25) is 4.79 Å². The molecule has 0 aromatic carbocycles. The van der Waals surface area contributed by atoms with Crippen molar-refractivity contribution in [1.29, 1.82) is 0 Å². The molecule has 2 nitrogen and oxygen atoms in total. The highest BCUT2D eigenvalue weighted by molar-refractivity contribution is 5.74. The lowest BCUT2D eigenvalue weighted by Crippen LogP contribution is -2.25. The Morgan fingerprint density at radius 1 is 0.968 bits per heavy atom. The second-order valence-electron chi connectivity index (χ2n) is 10.5. The fourth-order valence-corrected chi connectivity index (χ4v) is 4.65. The summed E-state index contributed by atoms with van der Waals surface area (Å²) >= 11 is 0. The lowest BCUT2D eigenvalue weighted by Gasteiger charge is -2.32. The molecule has 2 heteroatoms. The quantitative estimate of drug-likeness (QED) is 0.184. The van der Waals surface area contributed by atoms with E-state index >= 15 is 0 Å². The average Bonchev–Trinajstić information content (AvgIpc) is 2.69. The van der Waals surface area contributed by atoms with E-state index in [9.17, 15) is 9.90 Å². The Hall–Kier alpha value is -1.31. The molecule has 1 N–H and O–H groups in total. The Labute approximate surface area is 193 Å². The number of hydrogen-bond donors (Lipinski definition) is 1. The maximum atomic E-state index is 12.1.